The molecule has 0 atom stereocenters. The van der Waals surface area contributed by atoms with Gasteiger partial charge in [0.2, 0.25) is 0 Å². The first kappa shape index (κ1) is 14.7. The number of aliphatic hydroxyl groups excluding tert-OH is 1. The Morgan fingerprint density at radius 1 is 1.32 bits per heavy atom. The van der Waals surface area contributed by atoms with E-state index < -0.39 is 17.8 Å². The number of hydrogen-bond acceptors (Lipinski definition) is 6. The van der Waals surface area contributed by atoms with Gasteiger partial charge in [-0.05, 0) is 22.0 Å². The number of cyclic esters (lactones) is 1. The molecule has 7 nitrogen and oxygen atoms in total. The van der Waals surface area contributed by atoms with Gasteiger partial charge in [-0.25, -0.2) is 4.79 Å². The van der Waals surface area contributed by atoms with Crippen LogP contribution in [0.4, 0.5) is 5.69 Å². The summed E-state index contributed by atoms with van der Waals surface area (Å²) in [6, 6.07) is 3.49. The molecule has 0 saturated heterocycles. The molecule has 0 spiro atoms. The van der Waals surface area contributed by atoms with Crippen molar-refractivity contribution in [2.24, 2.45) is 0 Å². The molecule has 2 heterocycles. The van der Waals surface area contributed by atoms with E-state index in [1.807, 2.05) is 0 Å². The number of aliphatic hydroxyl groups is 1. The van der Waals surface area contributed by atoms with Gasteiger partial charge in [-0.1, -0.05) is 6.07 Å². The molecule has 2 aliphatic heterocycles. The van der Waals surface area contributed by atoms with Gasteiger partial charge in [0.15, 0.2) is 0 Å². The van der Waals surface area contributed by atoms with Crippen molar-refractivity contribution in [2.45, 2.75) is 6.61 Å². The summed E-state index contributed by atoms with van der Waals surface area (Å²) in [7, 11) is 0. The van der Waals surface area contributed by atoms with E-state index in [0.29, 0.717) is 21.3 Å². The average molecular weight is 367 g/mol. The van der Waals surface area contributed by atoms with E-state index in [1.165, 1.54) is 0 Å². The number of esters is 1. The number of carbonyl (C=O) groups excluding carboxylic acids is 3. The number of anilines is 1. The molecule has 8 heteroatoms. The topological polar surface area (TPSA) is 95.9 Å². The molecule has 1 aromatic carbocycles. The monoisotopic (exact) mass is 366 g/mol. The van der Waals surface area contributed by atoms with Crippen LogP contribution in [0.3, 0.4) is 0 Å². The van der Waals surface area contributed by atoms with Crippen LogP contribution < -0.4 is 5.32 Å². The highest BCUT2D eigenvalue weighted by Crippen LogP contribution is 2.35. The van der Waals surface area contributed by atoms with Gasteiger partial charge in [-0.15, -0.1) is 0 Å². The summed E-state index contributed by atoms with van der Waals surface area (Å²) in [4.78, 5) is 36.6. The number of halogens is 1. The molecule has 2 aliphatic rings. The summed E-state index contributed by atoms with van der Waals surface area (Å²) in [5.41, 5.74) is 1.49. The second kappa shape index (κ2) is 5.54. The summed E-state index contributed by atoms with van der Waals surface area (Å²) in [6.07, 6.45) is 1.14. The van der Waals surface area contributed by atoms with Crippen LogP contribution in [-0.2, 0) is 20.9 Å². The first-order chi connectivity index (χ1) is 10.5. The van der Waals surface area contributed by atoms with E-state index in [9.17, 15) is 14.4 Å². The van der Waals surface area contributed by atoms with E-state index in [4.69, 9.17) is 9.84 Å². The van der Waals surface area contributed by atoms with Crippen LogP contribution in [0, 0.1) is 0 Å². The zero-order chi connectivity index (χ0) is 15.9. The molecule has 114 valence electrons. The van der Waals surface area contributed by atoms with E-state index in [2.05, 4.69) is 21.2 Å². The first-order valence-corrected chi connectivity index (χ1v) is 7.26. The van der Waals surface area contributed by atoms with E-state index in [1.54, 1.807) is 12.1 Å². The van der Waals surface area contributed by atoms with Gasteiger partial charge in [0, 0.05) is 16.1 Å². The predicted octanol–water partition coefficient (Wildman–Crippen LogP) is 0.776. The Morgan fingerprint density at radius 3 is 2.82 bits per heavy atom. The second-order valence-corrected chi connectivity index (χ2v) is 5.59. The lowest BCUT2D eigenvalue weighted by atomic mass is 10.1. The minimum absolute atomic E-state index is 0.0484. The summed E-state index contributed by atoms with van der Waals surface area (Å²) in [6.45, 7) is -0.205. The van der Waals surface area contributed by atoms with Crippen LogP contribution in [0.5, 0.6) is 0 Å². The van der Waals surface area contributed by atoms with Crippen LogP contribution >= 0.6 is 15.9 Å². The minimum Gasteiger partial charge on any atom is -0.457 e. The number of rotatable bonds is 4. The number of nitrogens with one attached hydrogen (secondary N) is 1. The highest BCUT2D eigenvalue weighted by atomic mass is 79.9. The Morgan fingerprint density at radius 2 is 2.09 bits per heavy atom. The molecule has 0 aromatic heterocycles. The zero-order valence-electron chi connectivity index (χ0n) is 11.3. The largest absolute Gasteiger partial charge is 0.457 e. The Balaban J connectivity index is 1.94. The van der Waals surface area contributed by atoms with Crippen molar-refractivity contribution < 1.29 is 24.2 Å². The minimum atomic E-state index is -0.546. The van der Waals surface area contributed by atoms with E-state index >= 15 is 0 Å². The van der Waals surface area contributed by atoms with Gasteiger partial charge < -0.3 is 15.2 Å². The van der Waals surface area contributed by atoms with Crippen LogP contribution in [0.25, 0.3) is 0 Å². The summed E-state index contributed by atoms with van der Waals surface area (Å²) in [5.74, 6) is -1.54. The predicted molar refractivity (Wildman–Crippen MR) is 78.8 cm³/mol. The summed E-state index contributed by atoms with van der Waals surface area (Å²) in [5, 5.41) is 11.7. The van der Waals surface area contributed by atoms with Crippen molar-refractivity contribution in [3.63, 3.8) is 0 Å². The summed E-state index contributed by atoms with van der Waals surface area (Å²) < 4.78 is 5.55. The molecule has 22 heavy (non-hydrogen) atoms. The van der Waals surface area contributed by atoms with Crippen LogP contribution in [0.15, 0.2) is 28.4 Å². The molecule has 0 saturated carbocycles. The lowest BCUT2D eigenvalue weighted by molar-refractivity contribution is -0.137. The number of amides is 2. The van der Waals surface area contributed by atoms with Crippen LogP contribution in [0.1, 0.15) is 15.9 Å². The quantitative estimate of drug-likeness (QED) is 0.603. The Kier molecular flexibility index (Phi) is 3.71. The van der Waals surface area contributed by atoms with Crippen molar-refractivity contribution in [1.29, 1.82) is 0 Å². The van der Waals surface area contributed by atoms with Gasteiger partial charge in [-0.2, -0.15) is 0 Å². The van der Waals surface area contributed by atoms with Crippen LogP contribution in [0.2, 0.25) is 0 Å². The Hall–Kier alpha value is -2.19. The van der Waals surface area contributed by atoms with Crippen molar-refractivity contribution in [2.75, 3.05) is 18.5 Å². The average Bonchev–Trinajstić information content (AvgIpc) is 2.98. The number of nitrogens with zero attached hydrogens (tertiary/aromatic N) is 1. The van der Waals surface area contributed by atoms with Crippen molar-refractivity contribution in [1.82, 2.24) is 4.90 Å². The fraction of sp³-hybridized carbons (Fsp3) is 0.214. The molecule has 3 rings (SSSR count). The third-order valence-electron chi connectivity index (χ3n) is 3.40. The smallest absolute Gasteiger partial charge is 0.341 e. The number of benzene rings is 1. The maximum atomic E-state index is 12.1. The fourth-order valence-corrected chi connectivity index (χ4v) is 2.79. The lowest BCUT2D eigenvalue weighted by Gasteiger charge is -2.15. The van der Waals surface area contributed by atoms with Gasteiger partial charge in [0.05, 0.1) is 24.4 Å². The van der Waals surface area contributed by atoms with Crippen LogP contribution in [-0.4, -0.2) is 40.9 Å². The van der Waals surface area contributed by atoms with E-state index in [-0.39, 0.29) is 25.5 Å². The lowest BCUT2D eigenvalue weighted by Crippen LogP contribution is -2.34. The molecule has 2 amide bonds. The van der Waals surface area contributed by atoms with Crippen molar-refractivity contribution in [3.8, 4) is 0 Å². The third-order valence-corrected chi connectivity index (χ3v) is 4.06. The van der Waals surface area contributed by atoms with Gasteiger partial charge in [0.25, 0.3) is 11.8 Å². The first-order valence-electron chi connectivity index (χ1n) is 6.47. The molecular formula is C14H11BrN2O5. The molecule has 2 N–H and O–H groups in total. The number of β-amino-alcohol motifs (C(OH)–C–C–N with tert-alkyl or cyclic N) is 1. The Labute approximate surface area is 133 Å². The standard InChI is InChI=1S/C14H11BrN2O5/c15-8-2-1-7-6-22-14(21)11(7)12(8)16-9-5-10(19)17(3-4-18)13(9)20/h1-2,5,16,18H,3-4,6H2. The highest BCUT2D eigenvalue weighted by molar-refractivity contribution is 9.10. The number of hydrogen-bond donors (Lipinski definition) is 2. The SMILES string of the molecule is O=C1OCc2ccc(Br)c(NC3=CC(=O)N(CCO)C3=O)c21. The third kappa shape index (κ3) is 2.30. The molecule has 0 bridgehead atoms. The molecule has 0 unspecified atom stereocenters. The van der Waals surface area contributed by atoms with E-state index in [0.717, 1.165) is 11.0 Å². The molecule has 0 fully saturated rings. The number of ether oxygens (including phenoxy) is 1. The van der Waals surface area contributed by atoms with Crippen molar-refractivity contribution in [3.05, 3.63) is 39.5 Å². The maximum absolute atomic E-state index is 12.1. The number of imide groups is 1. The van der Waals surface area contributed by atoms with Gasteiger partial charge in [0.1, 0.15) is 12.3 Å². The molecule has 0 aliphatic carbocycles. The molecule has 0 radical (unpaired) electrons. The normalized spacial score (nSPS) is 16.7. The second-order valence-electron chi connectivity index (χ2n) is 4.73. The summed E-state index contributed by atoms with van der Waals surface area (Å²) >= 11 is 3.32. The highest BCUT2D eigenvalue weighted by Gasteiger charge is 2.33. The zero-order valence-corrected chi connectivity index (χ0v) is 12.8. The molecular weight excluding hydrogens is 356 g/mol. The number of carbonyl (C=O) groups is 3. The van der Waals surface area contributed by atoms with Gasteiger partial charge in [-0.3, -0.25) is 14.5 Å². The number of fused-ring (bicyclic) bond motifs is 1. The van der Waals surface area contributed by atoms with Gasteiger partial charge >= 0.3 is 5.97 Å². The van der Waals surface area contributed by atoms with Crippen molar-refractivity contribution >= 4 is 39.4 Å². The fourth-order valence-electron chi connectivity index (χ4n) is 2.36. The Bertz CT molecular complexity index is 728. The maximum Gasteiger partial charge on any atom is 0.341 e. The molecule has 1 aromatic rings.